The Kier molecular flexibility index (Phi) is 5.70. The molecule has 1 unspecified atom stereocenters. The van der Waals surface area contributed by atoms with E-state index in [2.05, 4.69) is 20.8 Å². The van der Waals surface area contributed by atoms with Crippen LogP contribution in [0.5, 0.6) is 0 Å². The predicted molar refractivity (Wildman–Crippen MR) is 87.0 cm³/mol. The molecule has 0 aliphatic rings. The summed E-state index contributed by atoms with van der Waals surface area (Å²) in [6.07, 6.45) is 0.113. The van der Waals surface area contributed by atoms with Crippen molar-refractivity contribution in [2.24, 2.45) is 5.92 Å². The molecule has 124 valence electrons. The van der Waals surface area contributed by atoms with E-state index >= 15 is 0 Å². The average molecular weight is 318 g/mol. The van der Waals surface area contributed by atoms with Crippen molar-refractivity contribution in [2.45, 2.75) is 33.3 Å². The number of nitrogens with zero attached hydrogens (tertiary/aromatic N) is 2. The zero-order valence-corrected chi connectivity index (χ0v) is 13.5. The first-order valence-corrected chi connectivity index (χ1v) is 7.57. The summed E-state index contributed by atoms with van der Waals surface area (Å²) < 4.78 is 5.34. The maximum Gasteiger partial charge on any atom is 0.319 e. The van der Waals surface area contributed by atoms with Crippen LogP contribution in [0.3, 0.4) is 0 Å². The fourth-order valence-electron chi connectivity index (χ4n) is 2.12. The zero-order chi connectivity index (χ0) is 16.8. The van der Waals surface area contributed by atoms with Crippen molar-refractivity contribution < 1.29 is 14.3 Å². The first-order valence-electron chi connectivity index (χ1n) is 7.57. The molecule has 1 aromatic carbocycles. The highest BCUT2D eigenvalue weighted by molar-refractivity contribution is 5.89. The number of amides is 2. The molecule has 0 bridgehead atoms. The number of aromatic nitrogens is 2. The van der Waals surface area contributed by atoms with Crippen molar-refractivity contribution in [3.8, 4) is 11.5 Å². The highest BCUT2D eigenvalue weighted by Gasteiger charge is 2.10. The van der Waals surface area contributed by atoms with Gasteiger partial charge < -0.3 is 20.2 Å². The third kappa shape index (κ3) is 5.37. The minimum absolute atomic E-state index is 0.226. The maximum atomic E-state index is 11.8. The molecule has 0 radical (unpaired) electrons. The Morgan fingerprint density at radius 1 is 1.26 bits per heavy atom. The molecule has 2 aromatic rings. The molecule has 3 N–H and O–H groups in total. The van der Waals surface area contributed by atoms with Crippen molar-refractivity contribution in [2.75, 3.05) is 11.9 Å². The van der Waals surface area contributed by atoms with Gasteiger partial charge in [0.25, 0.3) is 0 Å². The molecule has 1 atom stereocenters. The molecule has 7 heteroatoms. The summed E-state index contributed by atoms with van der Waals surface area (Å²) in [7, 11) is 0. The van der Waals surface area contributed by atoms with Crippen LogP contribution in [0, 0.1) is 12.8 Å². The summed E-state index contributed by atoms with van der Waals surface area (Å²) >= 11 is 0. The summed E-state index contributed by atoms with van der Waals surface area (Å²) in [5, 5.41) is 22.8. The number of hydrogen-bond acceptors (Lipinski definition) is 5. The van der Waals surface area contributed by atoms with Crippen molar-refractivity contribution in [3.63, 3.8) is 0 Å². The number of anilines is 1. The molecule has 0 aliphatic heterocycles. The van der Waals surface area contributed by atoms with Gasteiger partial charge in [-0.15, -0.1) is 10.2 Å². The van der Waals surface area contributed by atoms with Gasteiger partial charge in [0.2, 0.25) is 11.8 Å². The van der Waals surface area contributed by atoms with E-state index < -0.39 is 6.10 Å². The Morgan fingerprint density at radius 3 is 2.52 bits per heavy atom. The van der Waals surface area contributed by atoms with Crippen molar-refractivity contribution in [1.82, 2.24) is 15.5 Å². The van der Waals surface area contributed by atoms with Gasteiger partial charge >= 0.3 is 6.03 Å². The topological polar surface area (TPSA) is 100 Å². The second-order valence-corrected chi connectivity index (χ2v) is 5.82. The lowest BCUT2D eigenvalue weighted by molar-refractivity contribution is 0.148. The number of aryl methyl sites for hydroxylation is 1. The van der Waals surface area contributed by atoms with Crippen LogP contribution in [0.1, 0.15) is 26.2 Å². The van der Waals surface area contributed by atoms with E-state index in [0.717, 1.165) is 5.56 Å². The first-order chi connectivity index (χ1) is 10.9. The summed E-state index contributed by atoms with van der Waals surface area (Å²) in [6.45, 7) is 6.00. The van der Waals surface area contributed by atoms with Gasteiger partial charge in [0.15, 0.2) is 0 Å². The van der Waals surface area contributed by atoms with E-state index in [9.17, 15) is 9.90 Å². The van der Waals surface area contributed by atoms with Gasteiger partial charge in [-0.1, -0.05) is 13.8 Å². The number of aliphatic hydroxyl groups excluding tert-OH is 1. The normalized spacial score (nSPS) is 12.2. The van der Waals surface area contributed by atoms with Crippen LogP contribution in [0.2, 0.25) is 0 Å². The van der Waals surface area contributed by atoms with Crippen LogP contribution in [0.4, 0.5) is 10.5 Å². The van der Waals surface area contributed by atoms with E-state index in [1.54, 1.807) is 31.2 Å². The average Bonchev–Trinajstić information content (AvgIpc) is 2.92. The van der Waals surface area contributed by atoms with Crippen molar-refractivity contribution in [3.05, 3.63) is 30.2 Å². The second-order valence-electron chi connectivity index (χ2n) is 5.82. The van der Waals surface area contributed by atoms with Gasteiger partial charge in [0, 0.05) is 24.7 Å². The lowest BCUT2D eigenvalue weighted by atomic mass is 10.1. The van der Waals surface area contributed by atoms with E-state index in [1.807, 2.05) is 13.8 Å². The highest BCUT2D eigenvalue weighted by Crippen LogP contribution is 2.19. The van der Waals surface area contributed by atoms with E-state index in [0.29, 0.717) is 29.8 Å². The third-order valence-corrected chi connectivity index (χ3v) is 3.16. The third-order valence-electron chi connectivity index (χ3n) is 3.16. The van der Waals surface area contributed by atoms with Crippen LogP contribution < -0.4 is 10.6 Å². The quantitative estimate of drug-likeness (QED) is 0.760. The van der Waals surface area contributed by atoms with Gasteiger partial charge in [0.05, 0.1) is 6.10 Å². The van der Waals surface area contributed by atoms with Crippen LogP contribution in [-0.2, 0) is 0 Å². The smallest absolute Gasteiger partial charge is 0.319 e. The molecule has 0 aliphatic carbocycles. The summed E-state index contributed by atoms with van der Waals surface area (Å²) in [6, 6.07) is 6.72. The molecule has 2 amide bonds. The molecular formula is C16H22N4O3. The largest absolute Gasteiger partial charge is 0.421 e. The molecule has 0 saturated heterocycles. The van der Waals surface area contributed by atoms with Crippen LogP contribution in [0.15, 0.2) is 28.7 Å². The van der Waals surface area contributed by atoms with Crippen LogP contribution >= 0.6 is 0 Å². The Balaban J connectivity index is 1.84. The van der Waals surface area contributed by atoms with Gasteiger partial charge in [-0.05, 0) is 36.6 Å². The Hall–Kier alpha value is -2.41. The summed E-state index contributed by atoms with van der Waals surface area (Å²) in [5.74, 6) is 1.33. The lowest BCUT2D eigenvalue weighted by Crippen LogP contribution is -2.35. The first kappa shape index (κ1) is 17.0. The number of rotatable bonds is 6. The highest BCUT2D eigenvalue weighted by atomic mass is 16.4. The number of hydrogen-bond donors (Lipinski definition) is 3. The Bertz CT molecular complexity index is 637. The van der Waals surface area contributed by atoms with Crippen LogP contribution in [-0.4, -0.2) is 34.0 Å². The monoisotopic (exact) mass is 318 g/mol. The minimum atomic E-state index is -0.538. The van der Waals surface area contributed by atoms with Crippen molar-refractivity contribution in [1.29, 1.82) is 0 Å². The van der Waals surface area contributed by atoms with E-state index in [1.165, 1.54) is 0 Å². The molecule has 0 saturated carbocycles. The Labute approximate surface area is 135 Å². The second kappa shape index (κ2) is 7.73. The fraction of sp³-hybridized carbons (Fsp3) is 0.438. The lowest BCUT2D eigenvalue weighted by Gasteiger charge is -2.14. The van der Waals surface area contributed by atoms with E-state index in [-0.39, 0.29) is 12.6 Å². The number of carbonyl (C=O) groups excluding carboxylic acids is 1. The molecule has 2 rings (SSSR count). The predicted octanol–water partition coefficient (Wildman–Crippen LogP) is 2.57. The number of carbonyl (C=O) groups is 1. The van der Waals surface area contributed by atoms with Gasteiger partial charge in [-0.3, -0.25) is 0 Å². The number of urea groups is 1. The molecule has 7 nitrogen and oxygen atoms in total. The van der Waals surface area contributed by atoms with Crippen molar-refractivity contribution >= 4 is 11.7 Å². The molecule has 0 fully saturated rings. The number of nitrogens with one attached hydrogen (secondary N) is 2. The molecule has 1 heterocycles. The maximum absolute atomic E-state index is 11.8. The summed E-state index contributed by atoms with van der Waals surface area (Å²) in [5.41, 5.74) is 1.42. The zero-order valence-electron chi connectivity index (χ0n) is 13.5. The molecular weight excluding hydrogens is 296 g/mol. The van der Waals surface area contributed by atoms with Crippen LogP contribution in [0.25, 0.3) is 11.5 Å². The number of benzene rings is 1. The molecule has 23 heavy (non-hydrogen) atoms. The SMILES string of the molecule is Cc1nnc(-c2ccc(NC(=O)NCC(O)CC(C)C)cc2)o1. The minimum Gasteiger partial charge on any atom is -0.421 e. The van der Waals surface area contributed by atoms with Gasteiger partial charge in [0.1, 0.15) is 0 Å². The number of aliphatic hydroxyl groups is 1. The van der Waals surface area contributed by atoms with E-state index in [4.69, 9.17) is 4.42 Å². The fourth-order valence-corrected chi connectivity index (χ4v) is 2.12. The van der Waals surface area contributed by atoms with Gasteiger partial charge in [-0.2, -0.15) is 0 Å². The summed E-state index contributed by atoms with van der Waals surface area (Å²) in [4.78, 5) is 11.8. The van der Waals surface area contributed by atoms with Gasteiger partial charge in [-0.25, -0.2) is 4.79 Å². The standard InChI is InChI=1S/C16H22N4O3/c1-10(2)8-14(21)9-17-16(22)18-13-6-4-12(5-7-13)15-20-19-11(3)23-15/h4-7,10,14,21H,8-9H2,1-3H3,(H2,17,18,22). The molecule has 0 spiro atoms. The Morgan fingerprint density at radius 2 is 1.96 bits per heavy atom. The molecule has 1 aromatic heterocycles.